The van der Waals surface area contributed by atoms with Crippen LogP contribution in [0.2, 0.25) is 0 Å². The smallest absolute Gasteiger partial charge is 0.241 e. The van der Waals surface area contributed by atoms with Gasteiger partial charge in [-0.3, -0.25) is 14.2 Å². The molecule has 0 unspecified atom stereocenters. The van der Waals surface area contributed by atoms with Crippen LogP contribution in [0.1, 0.15) is 32.6 Å². The van der Waals surface area contributed by atoms with Crippen LogP contribution < -0.4 is 10.0 Å². The molecule has 2 N–H and O–H groups in total. The number of hydrogen-bond acceptors (Lipinski definition) is 5. The molecule has 1 aliphatic rings. The van der Waals surface area contributed by atoms with Crippen molar-refractivity contribution in [2.75, 3.05) is 17.6 Å². The molecule has 1 saturated carbocycles. The van der Waals surface area contributed by atoms with Crippen molar-refractivity contribution in [2.24, 2.45) is 0 Å². The van der Waals surface area contributed by atoms with Gasteiger partial charge in [0, 0.05) is 19.3 Å². The molecular weight excluding hydrogens is 320 g/mol. The molecular formula is C14H24N4O4S. The van der Waals surface area contributed by atoms with Crippen molar-refractivity contribution in [3.63, 3.8) is 0 Å². The Bertz CT molecular complexity index is 622. The van der Waals surface area contributed by atoms with Gasteiger partial charge in [0.25, 0.3) is 0 Å². The molecule has 0 spiro atoms. The zero-order valence-electron chi connectivity index (χ0n) is 13.5. The number of amides is 1. The summed E-state index contributed by atoms with van der Waals surface area (Å²) in [5, 5.41) is 6.98. The van der Waals surface area contributed by atoms with E-state index in [9.17, 15) is 13.2 Å². The summed E-state index contributed by atoms with van der Waals surface area (Å²) in [5.74, 6) is -0.251. The highest BCUT2D eigenvalue weighted by Crippen LogP contribution is 2.17. The number of nitrogens with one attached hydrogen (secondary N) is 2. The minimum absolute atomic E-state index is 0.0761. The molecule has 1 amide bonds. The van der Waals surface area contributed by atoms with Crippen molar-refractivity contribution in [3.05, 3.63) is 12.4 Å². The maximum atomic E-state index is 11.9. The number of carbonyl (C=O) groups excluding carboxylic acids is 1. The third kappa shape index (κ3) is 5.83. The molecule has 1 atom stereocenters. The van der Waals surface area contributed by atoms with Crippen LogP contribution >= 0.6 is 0 Å². The van der Waals surface area contributed by atoms with Gasteiger partial charge in [0.2, 0.25) is 15.9 Å². The molecule has 8 nitrogen and oxygen atoms in total. The zero-order valence-corrected chi connectivity index (χ0v) is 14.3. The van der Waals surface area contributed by atoms with Crippen LogP contribution in [0.15, 0.2) is 12.4 Å². The maximum Gasteiger partial charge on any atom is 0.241 e. The average Bonchev–Trinajstić information content (AvgIpc) is 3.09. The highest BCUT2D eigenvalue weighted by Gasteiger charge is 2.18. The number of carbonyl (C=O) groups is 1. The first kappa shape index (κ1) is 17.7. The Kier molecular flexibility index (Phi) is 6.00. The molecule has 2 rings (SSSR count). The molecule has 0 saturated heterocycles. The number of ether oxygens (including phenoxy) is 1. The van der Waals surface area contributed by atoms with E-state index in [-0.39, 0.29) is 24.2 Å². The number of anilines is 1. The van der Waals surface area contributed by atoms with Gasteiger partial charge in [0.1, 0.15) is 6.54 Å². The Balaban J connectivity index is 1.86. The number of aromatic nitrogens is 2. The fraction of sp³-hybridized carbons (Fsp3) is 0.714. The Hall–Kier alpha value is -1.61. The van der Waals surface area contributed by atoms with Crippen molar-refractivity contribution in [3.8, 4) is 0 Å². The third-order valence-corrected chi connectivity index (χ3v) is 5.24. The number of hydrogen-bond donors (Lipinski definition) is 2. The molecule has 1 fully saturated rings. The first-order valence-corrected chi connectivity index (χ1v) is 9.38. The van der Waals surface area contributed by atoms with E-state index in [1.54, 1.807) is 6.92 Å². The predicted molar refractivity (Wildman–Crippen MR) is 86.5 cm³/mol. The summed E-state index contributed by atoms with van der Waals surface area (Å²) in [7, 11) is -2.05. The van der Waals surface area contributed by atoms with E-state index in [4.69, 9.17) is 4.74 Å². The Morgan fingerprint density at radius 3 is 2.83 bits per heavy atom. The summed E-state index contributed by atoms with van der Waals surface area (Å²) >= 11 is 0. The molecule has 9 heteroatoms. The normalized spacial score (nSPS) is 17.1. The highest BCUT2D eigenvalue weighted by atomic mass is 32.2. The van der Waals surface area contributed by atoms with Crippen LogP contribution in [0.25, 0.3) is 0 Å². The second-order valence-corrected chi connectivity index (χ2v) is 7.67. The second-order valence-electron chi connectivity index (χ2n) is 5.91. The van der Waals surface area contributed by atoms with Crippen LogP contribution in [-0.4, -0.2) is 49.1 Å². The lowest BCUT2D eigenvalue weighted by atomic mass is 10.2. The number of nitrogens with zero attached hydrogens (tertiary/aromatic N) is 2. The van der Waals surface area contributed by atoms with Gasteiger partial charge in [0.15, 0.2) is 0 Å². The second kappa shape index (κ2) is 7.78. The van der Waals surface area contributed by atoms with Gasteiger partial charge < -0.3 is 10.1 Å². The summed E-state index contributed by atoms with van der Waals surface area (Å²) in [4.78, 5) is 11.9. The van der Waals surface area contributed by atoms with E-state index in [1.807, 2.05) is 0 Å². The van der Waals surface area contributed by atoms with Crippen molar-refractivity contribution in [1.29, 1.82) is 0 Å². The van der Waals surface area contributed by atoms with Gasteiger partial charge >= 0.3 is 0 Å². The first-order valence-electron chi connectivity index (χ1n) is 7.73. The number of sulfonamides is 1. The Morgan fingerprint density at radius 2 is 2.17 bits per heavy atom. The van der Waals surface area contributed by atoms with Gasteiger partial charge in [-0.25, -0.2) is 8.42 Å². The molecule has 1 aliphatic carbocycles. The van der Waals surface area contributed by atoms with Crippen molar-refractivity contribution in [2.45, 2.75) is 51.3 Å². The SMILES string of the molecule is CO[C@@H](C)CS(=O)(=O)Nc1cnn(CC(=O)NC2CCCC2)c1. The summed E-state index contributed by atoms with van der Waals surface area (Å²) in [5.41, 5.74) is 0.335. The average molecular weight is 344 g/mol. The van der Waals surface area contributed by atoms with Gasteiger partial charge in [-0.1, -0.05) is 12.8 Å². The summed E-state index contributed by atoms with van der Waals surface area (Å²) in [6, 6.07) is 0.256. The summed E-state index contributed by atoms with van der Waals surface area (Å²) in [6.45, 7) is 1.75. The molecule has 0 bridgehead atoms. The molecule has 23 heavy (non-hydrogen) atoms. The van der Waals surface area contributed by atoms with Crippen LogP contribution in [0.4, 0.5) is 5.69 Å². The standard InChI is InChI=1S/C14H24N4O4S/c1-11(22-2)10-23(20,21)17-13-7-15-18(8-13)9-14(19)16-12-5-3-4-6-12/h7-8,11-12,17H,3-6,9-10H2,1-2H3,(H,16,19)/t11-/m0/s1. The number of methoxy groups -OCH3 is 1. The molecule has 0 aliphatic heterocycles. The molecule has 130 valence electrons. The van der Waals surface area contributed by atoms with E-state index in [2.05, 4.69) is 15.1 Å². The van der Waals surface area contributed by atoms with Gasteiger partial charge in [-0.15, -0.1) is 0 Å². The van der Waals surface area contributed by atoms with Gasteiger partial charge in [0.05, 0.1) is 23.7 Å². The zero-order chi connectivity index (χ0) is 16.9. The van der Waals surface area contributed by atoms with Crippen LogP contribution in [-0.2, 0) is 26.1 Å². The van der Waals surface area contributed by atoms with E-state index in [0.717, 1.165) is 25.7 Å². The lowest BCUT2D eigenvalue weighted by molar-refractivity contribution is -0.122. The summed E-state index contributed by atoms with van der Waals surface area (Å²) < 4.78 is 32.6. The Labute approximate surface area is 136 Å². The topological polar surface area (TPSA) is 102 Å². The lowest BCUT2D eigenvalue weighted by Gasteiger charge is -2.11. The summed E-state index contributed by atoms with van der Waals surface area (Å²) in [6.07, 6.45) is 6.83. The predicted octanol–water partition coefficient (Wildman–Crippen LogP) is 0.718. The van der Waals surface area contributed by atoms with Gasteiger partial charge in [-0.2, -0.15) is 5.10 Å². The van der Waals surface area contributed by atoms with Crippen LogP contribution in [0.3, 0.4) is 0 Å². The third-order valence-electron chi connectivity index (χ3n) is 3.79. The fourth-order valence-corrected chi connectivity index (χ4v) is 3.89. The Morgan fingerprint density at radius 1 is 1.48 bits per heavy atom. The van der Waals surface area contributed by atoms with Crippen molar-refractivity contribution >= 4 is 21.6 Å². The molecule has 1 aromatic rings. The minimum atomic E-state index is -3.51. The van der Waals surface area contributed by atoms with Gasteiger partial charge in [-0.05, 0) is 19.8 Å². The number of rotatable bonds is 8. The lowest BCUT2D eigenvalue weighted by Crippen LogP contribution is -2.35. The minimum Gasteiger partial charge on any atom is -0.381 e. The van der Waals surface area contributed by atoms with Crippen molar-refractivity contribution in [1.82, 2.24) is 15.1 Å². The van der Waals surface area contributed by atoms with E-state index in [1.165, 1.54) is 24.2 Å². The highest BCUT2D eigenvalue weighted by molar-refractivity contribution is 7.92. The molecule has 0 radical (unpaired) electrons. The fourth-order valence-electron chi connectivity index (χ4n) is 2.59. The van der Waals surface area contributed by atoms with E-state index >= 15 is 0 Å². The monoisotopic (exact) mass is 344 g/mol. The van der Waals surface area contributed by atoms with Crippen LogP contribution in [0.5, 0.6) is 0 Å². The van der Waals surface area contributed by atoms with Crippen LogP contribution in [0, 0.1) is 0 Å². The largest absolute Gasteiger partial charge is 0.381 e. The van der Waals surface area contributed by atoms with E-state index < -0.39 is 16.1 Å². The molecule has 1 heterocycles. The first-order chi connectivity index (χ1) is 10.9. The van der Waals surface area contributed by atoms with Crippen molar-refractivity contribution < 1.29 is 17.9 Å². The molecule has 0 aromatic carbocycles. The molecule has 1 aromatic heterocycles. The maximum absolute atomic E-state index is 11.9. The van der Waals surface area contributed by atoms with E-state index in [0.29, 0.717) is 5.69 Å². The quantitative estimate of drug-likeness (QED) is 0.723.